The van der Waals surface area contributed by atoms with Gasteiger partial charge in [-0.05, 0) is 56.2 Å². The zero-order valence-corrected chi connectivity index (χ0v) is 13.7. The number of rotatable bonds is 5. The second-order valence-electron chi connectivity index (χ2n) is 5.40. The summed E-state index contributed by atoms with van der Waals surface area (Å²) in [4.78, 5) is 23.9. The standard InChI is InChI=1S/C18H20N2O3/c1-12-8-13(2)10-15(9-12)20(11-21)19-18(22)16-6-5-7-17(23-4)14(16)3/h5-11H,1-4H3,(H,19,22). The van der Waals surface area contributed by atoms with Crippen LogP contribution in [0.2, 0.25) is 0 Å². The van der Waals surface area contributed by atoms with Crippen molar-refractivity contribution in [3.05, 3.63) is 58.7 Å². The average molecular weight is 312 g/mol. The summed E-state index contributed by atoms with van der Waals surface area (Å²) >= 11 is 0. The van der Waals surface area contributed by atoms with Gasteiger partial charge in [-0.15, -0.1) is 0 Å². The SMILES string of the molecule is COc1cccc(C(=O)NN(C=O)c2cc(C)cc(C)c2)c1C. The molecule has 0 aliphatic heterocycles. The van der Waals surface area contributed by atoms with Gasteiger partial charge in [0, 0.05) is 11.1 Å². The third kappa shape index (κ3) is 3.69. The summed E-state index contributed by atoms with van der Waals surface area (Å²) < 4.78 is 5.22. The van der Waals surface area contributed by atoms with Crippen LogP contribution in [0.1, 0.15) is 27.0 Å². The third-order valence-corrected chi connectivity index (χ3v) is 3.56. The number of carbonyl (C=O) groups is 2. The van der Waals surface area contributed by atoms with E-state index in [0.29, 0.717) is 23.4 Å². The Morgan fingerprint density at radius 2 is 1.78 bits per heavy atom. The lowest BCUT2D eigenvalue weighted by Crippen LogP contribution is -2.41. The second-order valence-corrected chi connectivity index (χ2v) is 5.40. The van der Waals surface area contributed by atoms with Gasteiger partial charge in [0.2, 0.25) is 6.41 Å². The average Bonchev–Trinajstić information content (AvgIpc) is 2.51. The molecule has 0 radical (unpaired) electrons. The van der Waals surface area contributed by atoms with E-state index in [0.717, 1.165) is 16.7 Å². The van der Waals surface area contributed by atoms with Gasteiger partial charge < -0.3 is 4.74 Å². The van der Waals surface area contributed by atoms with Gasteiger partial charge in [-0.1, -0.05) is 12.1 Å². The van der Waals surface area contributed by atoms with E-state index >= 15 is 0 Å². The van der Waals surface area contributed by atoms with E-state index in [9.17, 15) is 9.59 Å². The maximum atomic E-state index is 12.5. The number of ether oxygens (including phenoxy) is 1. The third-order valence-electron chi connectivity index (χ3n) is 3.56. The lowest BCUT2D eigenvalue weighted by atomic mass is 10.1. The fourth-order valence-corrected chi connectivity index (χ4v) is 2.49. The van der Waals surface area contributed by atoms with Crippen molar-refractivity contribution in [1.29, 1.82) is 0 Å². The van der Waals surface area contributed by atoms with Crippen molar-refractivity contribution in [2.24, 2.45) is 0 Å². The molecule has 2 aromatic carbocycles. The summed E-state index contributed by atoms with van der Waals surface area (Å²) in [5.41, 5.74) is 6.44. The zero-order valence-electron chi connectivity index (χ0n) is 13.7. The number of methoxy groups -OCH3 is 1. The van der Waals surface area contributed by atoms with E-state index < -0.39 is 0 Å². The molecule has 1 N–H and O–H groups in total. The van der Waals surface area contributed by atoms with Crippen LogP contribution >= 0.6 is 0 Å². The molecule has 120 valence electrons. The summed E-state index contributed by atoms with van der Waals surface area (Å²) in [6.07, 6.45) is 0.585. The summed E-state index contributed by atoms with van der Waals surface area (Å²) in [6.45, 7) is 5.68. The monoisotopic (exact) mass is 312 g/mol. The van der Waals surface area contributed by atoms with Crippen molar-refractivity contribution in [1.82, 2.24) is 5.43 Å². The van der Waals surface area contributed by atoms with Crippen molar-refractivity contribution in [3.63, 3.8) is 0 Å². The predicted octanol–water partition coefficient (Wildman–Crippen LogP) is 2.93. The number of carbonyl (C=O) groups excluding carboxylic acids is 2. The number of anilines is 1. The second kappa shape index (κ2) is 6.96. The highest BCUT2D eigenvalue weighted by molar-refractivity contribution is 5.99. The molecular formula is C18H20N2O3. The quantitative estimate of drug-likeness (QED) is 0.682. The van der Waals surface area contributed by atoms with E-state index in [1.807, 2.05) is 32.0 Å². The van der Waals surface area contributed by atoms with Gasteiger partial charge in [0.1, 0.15) is 5.75 Å². The first-order valence-electron chi connectivity index (χ1n) is 7.23. The summed E-state index contributed by atoms with van der Waals surface area (Å²) in [5.74, 6) is 0.259. The fourth-order valence-electron chi connectivity index (χ4n) is 2.49. The van der Waals surface area contributed by atoms with Crippen molar-refractivity contribution >= 4 is 18.0 Å². The molecule has 2 amide bonds. The number of aryl methyl sites for hydroxylation is 2. The first kappa shape index (κ1) is 16.5. The number of nitrogens with zero attached hydrogens (tertiary/aromatic N) is 1. The minimum atomic E-state index is -0.368. The van der Waals surface area contributed by atoms with Crippen LogP contribution in [0.5, 0.6) is 5.75 Å². The molecule has 2 rings (SSSR count). The van der Waals surface area contributed by atoms with E-state index in [2.05, 4.69) is 5.43 Å². The number of hydrogen-bond donors (Lipinski definition) is 1. The lowest BCUT2D eigenvalue weighted by Gasteiger charge is -2.20. The van der Waals surface area contributed by atoms with Crippen LogP contribution < -0.4 is 15.2 Å². The van der Waals surface area contributed by atoms with Gasteiger partial charge in [0.25, 0.3) is 5.91 Å². The van der Waals surface area contributed by atoms with Crippen LogP contribution in [0.4, 0.5) is 5.69 Å². The van der Waals surface area contributed by atoms with Crippen molar-refractivity contribution in [2.45, 2.75) is 20.8 Å². The molecule has 23 heavy (non-hydrogen) atoms. The normalized spacial score (nSPS) is 10.1. The minimum Gasteiger partial charge on any atom is -0.496 e. The molecule has 0 aliphatic carbocycles. The molecule has 0 saturated carbocycles. The zero-order chi connectivity index (χ0) is 17.0. The van der Waals surface area contributed by atoms with Gasteiger partial charge in [-0.3, -0.25) is 15.0 Å². The van der Waals surface area contributed by atoms with E-state index in [4.69, 9.17) is 4.74 Å². The molecule has 0 saturated heterocycles. The number of benzene rings is 2. The number of amides is 2. The van der Waals surface area contributed by atoms with E-state index in [1.54, 1.807) is 32.2 Å². The Morgan fingerprint density at radius 3 is 2.35 bits per heavy atom. The van der Waals surface area contributed by atoms with E-state index in [1.165, 1.54) is 5.01 Å². The molecule has 0 aliphatic rings. The highest BCUT2D eigenvalue weighted by Gasteiger charge is 2.16. The van der Waals surface area contributed by atoms with Gasteiger partial charge in [-0.2, -0.15) is 0 Å². The topological polar surface area (TPSA) is 58.6 Å². The summed E-state index contributed by atoms with van der Waals surface area (Å²) in [7, 11) is 1.55. The maximum absolute atomic E-state index is 12.5. The first-order valence-corrected chi connectivity index (χ1v) is 7.23. The van der Waals surface area contributed by atoms with Crippen LogP contribution in [-0.2, 0) is 4.79 Å². The Kier molecular flexibility index (Phi) is 5.01. The maximum Gasteiger partial charge on any atom is 0.270 e. The largest absolute Gasteiger partial charge is 0.496 e. The van der Waals surface area contributed by atoms with Crippen LogP contribution in [0.25, 0.3) is 0 Å². The molecular weight excluding hydrogens is 292 g/mol. The molecule has 5 nitrogen and oxygen atoms in total. The fraction of sp³-hybridized carbons (Fsp3) is 0.222. The van der Waals surface area contributed by atoms with Crippen molar-refractivity contribution in [2.75, 3.05) is 12.1 Å². The Morgan fingerprint density at radius 1 is 1.13 bits per heavy atom. The highest BCUT2D eigenvalue weighted by atomic mass is 16.5. The van der Waals surface area contributed by atoms with Gasteiger partial charge in [0.05, 0.1) is 12.8 Å². The lowest BCUT2D eigenvalue weighted by molar-refractivity contribution is -0.107. The summed E-state index contributed by atoms with van der Waals surface area (Å²) in [6, 6.07) is 10.9. The van der Waals surface area contributed by atoms with Crippen LogP contribution in [0.3, 0.4) is 0 Å². The van der Waals surface area contributed by atoms with Crippen molar-refractivity contribution in [3.8, 4) is 5.75 Å². The van der Waals surface area contributed by atoms with Crippen molar-refractivity contribution < 1.29 is 14.3 Å². The number of nitrogens with one attached hydrogen (secondary N) is 1. The van der Waals surface area contributed by atoms with Crippen LogP contribution in [0, 0.1) is 20.8 Å². The molecule has 0 heterocycles. The molecule has 0 aromatic heterocycles. The molecule has 0 unspecified atom stereocenters. The molecule has 0 bridgehead atoms. The Labute approximate surface area is 135 Å². The summed E-state index contributed by atoms with van der Waals surface area (Å²) in [5, 5.41) is 1.18. The Hall–Kier alpha value is -2.82. The van der Waals surface area contributed by atoms with Crippen LogP contribution in [-0.4, -0.2) is 19.4 Å². The number of hydrazine groups is 1. The first-order chi connectivity index (χ1) is 11.0. The minimum absolute atomic E-state index is 0.368. The Balaban J connectivity index is 2.28. The predicted molar refractivity (Wildman–Crippen MR) is 89.7 cm³/mol. The van der Waals surface area contributed by atoms with Gasteiger partial charge >= 0.3 is 0 Å². The van der Waals surface area contributed by atoms with Crippen LogP contribution in [0.15, 0.2) is 36.4 Å². The smallest absolute Gasteiger partial charge is 0.270 e. The van der Waals surface area contributed by atoms with Gasteiger partial charge in [0.15, 0.2) is 0 Å². The molecule has 0 atom stereocenters. The highest BCUT2D eigenvalue weighted by Crippen LogP contribution is 2.21. The molecule has 5 heteroatoms. The van der Waals surface area contributed by atoms with Gasteiger partial charge in [-0.25, -0.2) is 5.01 Å². The Bertz CT molecular complexity index is 721. The molecule has 0 spiro atoms. The number of hydrogen-bond acceptors (Lipinski definition) is 3. The molecule has 0 fully saturated rings. The molecule has 2 aromatic rings. The van der Waals surface area contributed by atoms with E-state index in [-0.39, 0.29) is 5.91 Å².